The van der Waals surface area contributed by atoms with Crippen molar-refractivity contribution in [3.05, 3.63) is 40.3 Å². The van der Waals surface area contributed by atoms with E-state index >= 15 is 0 Å². The van der Waals surface area contributed by atoms with Crippen molar-refractivity contribution in [1.82, 2.24) is 14.8 Å². The number of halogens is 3. The average molecular weight is 396 g/mol. The Kier molecular flexibility index (Phi) is 5.41. The number of rotatable bonds is 5. The number of nitriles is 1. The van der Waals surface area contributed by atoms with Crippen molar-refractivity contribution in [2.24, 2.45) is 0 Å². The van der Waals surface area contributed by atoms with Gasteiger partial charge in [-0.2, -0.15) is 23.5 Å². The smallest absolute Gasteiger partial charge is 0.433 e. The van der Waals surface area contributed by atoms with Gasteiger partial charge in [-0.05, 0) is 43.4 Å². The van der Waals surface area contributed by atoms with E-state index in [-0.39, 0.29) is 40.8 Å². The Hall–Kier alpha value is -2.54. The molecular formula is C17H15F3N4O2S. The Morgan fingerprint density at radius 2 is 2.15 bits per heavy atom. The lowest BCUT2D eigenvalue weighted by Crippen LogP contribution is -2.14. The number of carbonyl (C=O) groups is 1. The number of aromatic nitrogens is 3. The number of nitrogens with zero attached hydrogens (tertiary/aromatic N) is 4. The van der Waals surface area contributed by atoms with E-state index in [1.54, 1.807) is 6.92 Å². The van der Waals surface area contributed by atoms with Gasteiger partial charge in [-0.3, -0.25) is 4.68 Å². The molecule has 2 heterocycles. The third-order valence-electron chi connectivity index (χ3n) is 4.07. The second kappa shape index (κ2) is 7.60. The minimum absolute atomic E-state index is 0.0265. The minimum atomic E-state index is -4.57. The van der Waals surface area contributed by atoms with Crippen molar-refractivity contribution in [1.29, 1.82) is 5.26 Å². The normalized spacial score (nSPS) is 13.3. The van der Waals surface area contributed by atoms with Crippen LogP contribution in [0.5, 0.6) is 0 Å². The fourth-order valence-electron chi connectivity index (χ4n) is 2.96. The molecule has 0 bridgehead atoms. The maximum Gasteiger partial charge on any atom is 0.433 e. The first-order valence-corrected chi connectivity index (χ1v) is 9.20. The van der Waals surface area contributed by atoms with Gasteiger partial charge in [0.25, 0.3) is 0 Å². The highest BCUT2D eigenvalue weighted by Crippen LogP contribution is 2.40. The average Bonchev–Trinajstić information content (AvgIpc) is 3.27. The van der Waals surface area contributed by atoms with Crippen LogP contribution in [0.1, 0.15) is 46.2 Å². The third kappa shape index (κ3) is 3.93. The van der Waals surface area contributed by atoms with Crippen molar-refractivity contribution >= 4 is 17.7 Å². The number of alkyl halides is 3. The number of hydrogen-bond donors (Lipinski definition) is 0. The van der Waals surface area contributed by atoms with Crippen LogP contribution in [-0.4, -0.2) is 27.3 Å². The Morgan fingerprint density at radius 3 is 2.81 bits per heavy atom. The highest BCUT2D eigenvalue weighted by Gasteiger charge is 2.39. The summed E-state index contributed by atoms with van der Waals surface area (Å²) in [6.45, 7) is 1.89. The molecule has 10 heteroatoms. The molecule has 0 amide bonds. The molecule has 0 spiro atoms. The van der Waals surface area contributed by atoms with Gasteiger partial charge in [0.15, 0.2) is 5.69 Å². The summed E-state index contributed by atoms with van der Waals surface area (Å²) in [6.07, 6.45) is -1.76. The van der Waals surface area contributed by atoms with Crippen LogP contribution in [0.15, 0.2) is 17.3 Å². The zero-order valence-electron chi connectivity index (χ0n) is 14.3. The summed E-state index contributed by atoms with van der Waals surface area (Å²) in [5.41, 5.74) is -0.0413. The zero-order chi connectivity index (χ0) is 19.6. The van der Waals surface area contributed by atoms with Crippen LogP contribution >= 0.6 is 11.8 Å². The SMILES string of the molecule is CCOC(=O)c1ccn(CSc2nc(C(F)(F)F)c3c(c2C#N)CCC3)n1. The van der Waals surface area contributed by atoms with Crippen LogP contribution in [0, 0.1) is 11.3 Å². The van der Waals surface area contributed by atoms with Gasteiger partial charge in [0, 0.05) is 6.20 Å². The molecule has 0 aliphatic heterocycles. The van der Waals surface area contributed by atoms with Gasteiger partial charge in [0.2, 0.25) is 0 Å². The van der Waals surface area contributed by atoms with Gasteiger partial charge in [0.05, 0.1) is 18.0 Å². The number of carbonyl (C=O) groups excluding carboxylic acids is 1. The Morgan fingerprint density at radius 1 is 1.41 bits per heavy atom. The second-order valence-corrected chi connectivity index (χ2v) is 6.73. The summed E-state index contributed by atoms with van der Waals surface area (Å²) in [7, 11) is 0. The molecule has 0 unspecified atom stereocenters. The lowest BCUT2D eigenvalue weighted by atomic mass is 10.0. The van der Waals surface area contributed by atoms with E-state index in [0.717, 1.165) is 11.8 Å². The standard InChI is InChI=1S/C17H15F3N4O2S/c1-2-26-16(25)13-6-7-24(23-13)9-27-15-12(8-21)10-4-3-5-11(10)14(22-15)17(18,19)20/h6-7H,2-5,9H2,1H3. The molecule has 3 rings (SSSR count). The Balaban J connectivity index is 1.87. The number of thioether (sulfide) groups is 1. The lowest BCUT2D eigenvalue weighted by Gasteiger charge is -2.15. The van der Waals surface area contributed by atoms with Gasteiger partial charge in [-0.15, -0.1) is 0 Å². The molecule has 2 aromatic rings. The first-order valence-electron chi connectivity index (χ1n) is 8.21. The van der Waals surface area contributed by atoms with Gasteiger partial charge < -0.3 is 4.74 Å². The van der Waals surface area contributed by atoms with Crippen molar-refractivity contribution in [2.75, 3.05) is 6.61 Å². The predicted octanol–water partition coefficient (Wildman–Crippen LogP) is 3.58. The third-order valence-corrected chi connectivity index (χ3v) is 5.03. The molecule has 6 nitrogen and oxygen atoms in total. The second-order valence-electron chi connectivity index (χ2n) is 5.80. The van der Waals surface area contributed by atoms with Crippen LogP contribution in [0.4, 0.5) is 13.2 Å². The molecule has 0 atom stereocenters. The predicted molar refractivity (Wildman–Crippen MR) is 90.0 cm³/mol. The van der Waals surface area contributed by atoms with Crippen LogP contribution in [-0.2, 0) is 29.6 Å². The van der Waals surface area contributed by atoms with Gasteiger partial charge in [-0.1, -0.05) is 11.8 Å². The summed E-state index contributed by atoms with van der Waals surface area (Å²) in [5.74, 6) is -0.467. The summed E-state index contributed by atoms with van der Waals surface area (Å²) in [4.78, 5) is 15.4. The van der Waals surface area contributed by atoms with Crippen LogP contribution < -0.4 is 0 Å². The van der Waals surface area contributed by atoms with E-state index in [1.165, 1.54) is 16.9 Å². The van der Waals surface area contributed by atoms with Gasteiger partial charge in [-0.25, -0.2) is 9.78 Å². The Bertz CT molecular complexity index is 918. The fourth-order valence-corrected chi connectivity index (χ4v) is 3.83. The summed E-state index contributed by atoms with van der Waals surface area (Å²) < 4.78 is 46.3. The van der Waals surface area contributed by atoms with E-state index in [4.69, 9.17) is 4.74 Å². The molecule has 2 aromatic heterocycles. The Labute approximate surface area is 157 Å². The molecular weight excluding hydrogens is 381 g/mol. The molecule has 27 heavy (non-hydrogen) atoms. The molecule has 1 aliphatic carbocycles. The first-order chi connectivity index (χ1) is 12.8. The molecule has 0 radical (unpaired) electrons. The molecule has 0 fully saturated rings. The molecule has 142 valence electrons. The maximum atomic E-state index is 13.4. The topological polar surface area (TPSA) is 80.8 Å². The number of fused-ring (bicyclic) bond motifs is 1. The van der Waals surface area contributed by atoms with E-state index in [1.807, 2.05) is 6.07 Å². The maximum absolute atomic E-state index is 13.4. The number of esters is 1. The lowest BCUT2D eigenvalue weighted by molar-refractivity contribution is -0.142. The van der Waals surface area contributed by atoms with E-state index < -0.39 is 17.8 Å². The quantitative estimate of drug-likeness (QED) is 0.568. The van der Waals surface area contributed by atoms with Crippen molar-refractivity contribution < 1.29 is 22.7 Å². The summed E-state index contributed by atoms with van der Waals surface area (Å²) in [5, 5.41) is 13.5. The van der Waals surface area contributed by atoms with E-state index in [2.05, 4.69) is 10.1 Å². The molecule has 0 saturated carbocycles. The van der Waals surface area contributed by atoms with Crippen molar-refractivity contribution in [3.63, 3.8) is 0 Å². The van der Waals surface area contributed by atoms with Crippen molar-refractivity contribution in [2.45, 2.75) is 43.3 Å². The highest BCUT2D eigenvalue weighted by molar-refractivity contribution is 7.98. The molecule has 0 N–H and O–H groups in total. The molecule has 0 saturated heterocycles. The number of hydrogen-bond acceptors (Lipinski definition) is 6. The summed E-state index contributed by atoms with van der Waals surface area (Å²) >= 11 is 0.974. The van der Waals surface area contributed by atoms with Crippen molar-refractivity contribution in [3.8, 4) is 6.07 Å². The minimum Gasteiger partial charge on any atom is -0.461 e. The highest BCUT2D eigenvalue weighted by atomic mass is 32.2. The zero-order valence-corrected chi connectivity index (χ0v) is 15.2. The van der Waals surface area contributed by atoms with Gasteiger partial charge >= 0.3 is 12.1 Å². The van der Waals surface area contributed by atoms with Crippen LogP contribution in [0.2, 0.25) is 0 Å². The monoisotopic (exact) mass is 396 g/mol. The van der Waals surface area contributed by atoms with E-state index in [9.17, 15) is 23.2 Å². The number of pyridine rings is 1. The first kappa shape index (κ1) is 19.2. The van der Waals surface area contributed by atoms with Gasteiger partial charge in [0.1, 0.15) is 16.8 Å². The van der Waals surface area contributed by atoms with E-state index in [0.29, 0.717) is 18.4 Å². The fraction of sp³-hybridized carbons (Fsp3) is 0.412. The van der Waals surface area contributed by atoms with Crippen LogP contribution in [0.3, 0.4) is 0 Å². The van der Waals surface area contributed by atoms with Crippen LogP contribution in [0.25, 0.3) is 0 Å². The number of ether oxygens (including phenoxy) is 1. The molecule has 1 aliphatic rings. The summed E-state index contributed by atoms with van der Waals surface area (Å²) in [6, 6.07) is 3.46. The molecule has 0 aromatic carbocycles. The largest absolute Gasteiger partial charge is 0.461 e.